The summed E-state index contributed by atoms with van der Waals surface area (Å²) in [6.07, 6.45) is 1.62. The highest BCUT2D eigenvalue weighted by Crippen LogP contribution is 2.34. The standard InChI is InChI=1S/C18H19ClN4O5S/c19-13-9-21-8-11-2-1-3-15(16(11)13)29(26,27)23-5-4-12(17(23)20)14(24)10-22-6-7-28-18(22)25/h1-3,8-9,12,17H,4-7,10,20H2/t12?,17-/m1/s1. The molecule has 0 bridgehead atoms. The molecule has 2 fully saturated rings. The first kappa shape index (κ1) is 20.0. The number of halogens is 1. The van der Waals surface area contributed by atoms with Crippen LogP contribution >= 0.6 is 11.6 Å². The maximum atomic E-state index is 13.3. The fourth-order valence-electron chi connectivity index (χ4n) is 3.79. The van der Waals surface area contributed by atoms with E-state index in [-0.39, 0.29) is 41.8 Å². The quantitative estimate of drug-likeness (QED) is 0.744. The van der Waals surface area contributed by atoms with Gasteiger partial charge in [-0.15, -0.1) is 0 Å². The van der Waals surface area contributed by atoms with E-state index in [1.54, 1.807) is 12.1 Å². The molecule has 4 rings (SSSR count). The normalized spacial score (nSPS) is 23.0. The molecule has 2 N–H and O–H groups in total. The summed E-state index contributed by atoms with van der Waals surface area (Å²) in [6.45, 7) is 0.525. The molecular formula is C18H19ClN4O5S. The molecule has 29 heavy (non-hydrogen) atoms. The third-order valence-corrected chi connectivity index (χ3v) is 7.52. The van der Waals surface area contributed by atoms with Gasteiger partial charge in [-0.25, -0.2) is 13.2 Å². The zero-order valence-corrected chi connectivity index (χ0v) is 16.9. The summed E-state index contributed by atoms with van der Waals surface area (Å²) < 4.78 is 32.6. The molecule has 2 aliphatic rings. The van der Waals surface area contributed by atoms with Crippen LogP contribution in [0, 0.1) is 5.92 Å². The van der Waals surface area contributed by atoms with Crippen LogP contribution in [0.25, 0.3) is 10.8 Å². The Morgan fingerprint density at radius 2 is 2.10 bits per heavy atom. The molecular weight excluding hydrogens is 420 g/mol. The molecule has 0 spiro atoms. The van der Waals surface area contributed by atoms with Gasteiger partial charge in [-0.3, -0.25) is 14.7 Å². The van der Waals surface area contributed by atoms with Crippen LogP contribution in [0.3, 0.4) is 0 Å². The number of nitrogens with zero attached hydrogens (tertiary/aromatic N) is 3. The lowest BCUT2D eigenvalue weighted by molar-refractivity contribution is -0.123. The van der Waals surface area contributed by atoms with E-state index in [2.05, 4.69) is 4.98 Å². The summed E-state index contributed by atoms with van der Waals surface area (Å²) in [4.78, 5) is 29.5. The van der Waals surface area contributed by atoms with Gasteiger partial charge in [0.25, 0.3) is 0 Å². The van der Waals surface area contributed by atoms with Crippen LogP contribution in [0.4, 0.5) is 4.79 Å². The Hall–Kier alpha value is -2.27. The third-order valence-electron chi connectivity index (χ3n) is 5.30. The van der Waals surface area contributed by atoms with Crippen molar-refractivity contribution in [3.05, 3.63) is 35.6 Å². The molecule has 0 aliphatic carbocycles. The number of ether oxygens (including phenoxy) is 1. The molecule has 2 saturated heterocycles. The molecule has 2 atom stereocenters. The summed E-state index contributed by atoms with van der Waals surface area (Å²) in [5.74, 6) is -0.987. The number of cyclic esters (lactones) is 1. The second-order valence-corrected chi connectivity index (χ2v) is 9.25. The highest BCUT2D eigenvalue weighted by atomic mass is 35.5. The third kappa shape index (κ3) is 3.46. The van der Waals surface area contributed by atoms with Gasteiger partial charge in [-0.05, 0) is 12.5 Å². The Morgan fingerprint density at radius 3 is 2.83 bits per heavy atom. The van der Waals surface area contributed by atoms with Crippen LogP contribution in [0.2, 0.25) is 5.02 Å². The smallest absolute Gasteiger partial charge is 0.410 e. The van der Waals surface area contributed by atoms with Gasteiger partial charge in [0.05, 0.1) is 35.1 Å². The number of benzene rings is 1. The minimum atomic E-state index is -4.00. The number of sulfonamides is 1. The lowest BCUT2D eigenvalue weighted by Crippen LogP contribution is -2.47. The summed E-state index contributed by atoms with van der Waals surface area (Å²) in [5, 5.41) is 1.17. The van der Waals surface area contributed by atoms with Gasteiger partial charge >= 0.3 is 6.09 Å². The monoisotopic (exact) mass is 438 g/mol. The van der Waals surface area contributed by atoms with Crippen LogP contribution < -0.4 is 5.73 Å². The number of rotatable bonds is 5. The first-order valence-electron chi connectivity index (χ1n) is 9.05. The molecule has 3 heterocycles. The molecule has 1 aromatic carbocycles. The molecule has 154 valence electrons. The van der Waals surface area contributed by atoms with Gasteiger partial charge in [0.2, 0.25) is 10.0 Å². The summed E-state index contributed by atoms with van der Waals surface area (Å²) in [7, 11) is -4.00. The van der Waals surface area contributed by atoms with E-state index < -0.39 is 28.2 Å². The second kappa shape index (κ2) is 7.52. The SMILES string of the molecule is N[C@H]1C(C(=O)CN2CCOC2=O)CCN1S(=O)(=O)c1cccc2cncc(Cl)c12. The zero-order valence-electron chi connectivity index (χ0n) is 15.3. The van der Waals surface area contributed by atoms with Crippen molar-refractivity contribution >= 4 is 44.3 Å². The summed E-state index contributed by atoms with van der Waals surface area (Å²) >= 11 is 6.22. The minimum absolute atomic E-state index is 0.0223. The van der Waals surface area contributed by atoms with E-state index in [9.17, 15) is 18.0 Å². The number of amides is 1. The van der Waals surface area contributed by atoms with Crippen molar-refractivity contribution in [1.29, 1.82) is 0 Å². The fraction of sp³-hybridized carbons (Fsp3) is 0.389. The van der Waals surface area contributed by atoms with E-state index in [4.69, 9.17) is 22.1 Å². The Labute approximate surface area is 172 Å². The molecule has 1 amide bonds. The number of nitrogens with two attached hydrogens (primary N) is 1. The van der Waals surface area contributed by atoms with E-state index in [1.807, 2.05) is 0 Å². The number of carbonyl (C=O) groups is 2. The number of Topliss-reactive ketones (excluding diaryl/α,β-unsaturated/α-hetero) is 1. The van der Waals surface area contributed by atoms with E-state index in [0.717, 1.165) is 4.31 Å². The minimum Gasteiger partial charge on any atom is -0.448 e. The first-order valence-corrected chi connectivity index (χ1v) is 10.9. The van der Waals surface area contributed by atoms with Gasteiger partial charge in [0, 0.05) is 29.7 Å². The number of hydrogen-bond acceptors (Lipinski definition) is 7. The van der Waals surface area contributed by atoms with Crippen molar-refractivity contribution in [2.24, 2.45) is 11.7 Å². The topological polar surface area (TPSA) is 123 Å². The predicted octanol–water partition coefficient (Wildman–Crippen LogP) is 1.20. The molecule has 2 aliphatic heterocycles. The lowest BCUT2D eigenvalue weighted by Gasteiger charge is -2.25. The van der Waals surface area contributed by atoms with Gasteiger partial charge in [0.15, 0.2) is 5.78 Å². The number of hydrogen-bond donors (Lipinski definition) is 1. The number of aromatic nitrogens is 1. The number of fused-ring (bicyclic) bond motifs is 1. The highest BCUT2D eigenvalue weighted by Gasteiger charge is 2.44. The van der Waals surface area contributed by atoms with Gasteiger partial charge in [-0.2, -0.15) is 4.31 Å². The van der Waals surface area contributed by atoms with E-state index in [1.165, 1.54) is 23.4 Å². The molecule has 11 heteroatoms. The largest absolute Gasteiger partial charge is 0.448 e. The molecule has 2 aromatic rings. The Morgan fingerprint density at radius 1 is 1.31 bits per heavy atom. The van der Waals surface area contributed by atoms with Crippen LogP contribution in [0.5, 0.6) is 0 Å². The molecule has 1 aromatic heterocycles. The summed E-state index contributed by atoms with van der Waals surface area (Å²) in [6, 6.07) is 4.79. The second-order valence-electron chi connectivity index (χ2n) is 6.98. The fourth-order valence-corrected chi connectivity index (χ4v) is 5.92. The van der Waals surface area contributed by atoms with Gasteiger partial charge in [-0.1, -0.05) is 23.7 Å². The van der Waals surface area contributed by atoms with Crippen molar-refractivity contribution in [3.8, 4) is 0 Å². The number of pyridine rings is 1. The Kier molecular flexibility index (Phi) is 5.19. The van der Waals surface area contributed by atoms with Crippen molar-refractivity contribution in [2.45, 2.75) is 17.5 Å². The van der Waals surface area contributed by atoms with Crippen LogP contribution in [-0.2, 0) is 19.6 Å². The Bertz CT molecular complexity index is 1090. The molecule has 1 unspecified atom stereocenters. The lowest BCUT2D eigenvalue weighted by atomic mass is 10.0. The first-order chi connectivity index (χ1) is 13.8. The number of carbonyl (C=O) groups excluding carboxylic acids is 2. The van der Waals surface area contributed by atoms with Crippen molar-refractivity contribution < 1.29 is 22.7 Å². The average Bonchev–Trinajstić information content (AvgIpc) is 3.27. The number of ketones is 1. The summed E-state index contributed by atoms with van der Waals surface area (Å²) in [5.41, 5.74) is 6.18. The molecule has 9 nitrogen and oxygen atoms in total. The maximum Gasteiger partial charge on any atom is 0.410 e. The average molecular weight is 439 g/mol. The van der Waals surface area contributed by atoms with E-state index >= 15 is 0 Å². The Balaban J connectivity index is 1.61. The van der Waals surface area contributed by atoms with Gasteiger partial charge < -0.3 is 10.5 Å². The predicted molar refractivity (Wildman–Crippen MR) is 105 cm³/mol. The molecule has 0 radical (unpaired) electrons. The van der Waals surface area contributed by atoms with Crippen molar-refractivity contribution in [1.82, 2.24) is 14.2 Å². The van der Waals surface area contributed by atoms with Crippen molar-refractivity contribution in [2.75, 3.05) is 26.2 Å². The van der Waals surface area contributed by atoms with Crippen LogP contribution in [0.15, 0.2) is 35.5 Å². The molecule has 0 saturated carbocycles. The zero-order chi connectivity index (χ0) is 20.8. The highest BCUT2D eigenvalue weighted by molar-refractivity contribution is 7.89. The van der Waals surface area contributed by atoms with Crippen molar-refractivity contribution in [3.63, 3.8) is 0 Å². The van der Waals surface area contributed by atoms with E-state index in [0.29, 0.717) is 17.3 Å². The van der Waals surface area contributed by atoms with Gasteiger partial charge in [0.1, 0.15) is 6.61 Å². The maximum absolute atomic E-state index is 13.3. The van der Waals surface area contributed by atoms with Crippen LogP contribution in [-0.4, -0.2) is 66.9 Å². The van der Waals surface area contributed by atoms with Crippen LogP contribution in [0.1, 0.15) is 6.42 Å².